The second-order valence-corrected chi connectivity index (χ2v) is 4.71. The summed E-state index contributed by atoms with van der Waals surface area (Å²) in [6.07, 6.45) is 0. The van der Waals surface area contributed by atoms with Gasteiger partial charge >= 0.3 is 5.97 Å². The summed E-state index contributed by atoms with van der Waals surface area (Å²) in [7, 11) is 1.20. The minimum Gasteiger partial charge on any atom is -0.492 e. The molecule has 1 N–H and O–H groups in total. The van der Waals surface area contributed by atoms with E-state index in [9.17, 15) is 13.6 Å². The summed E-state index contributed by atoms with van der Waals surface area (Å²) in [5.74, 6) is -3.66. The Kier molecular flexibility index (Phi) is 4.29. The molecule has 0 aliphatic carbocycles. The molecule has 1 heterocycles. The fraction of sp³-hybridized carbons (Fsp3) is 0.0769. The number of benzene rings is 1. The first-order valence-electron chi connectivity index (χ1n) is 5.48. The summed E-state index contributed by atoms with van der Waals surface area (Å²) in [5.41, 5.74) is -1.36. The van der Waals surface area contributed by atoms with Crippen LogP contribution in [0.4, 0.5) is 8.78 Å². The molecular formula is C13H7Cl2F2NO3. The lowest BCUT2D eigenvalue weighted by Gasteiger charge is -2.10. The molecule has 0 saturated carbocycles. The fourth-order valence-corrected chi connectivity index (χ4v) is 2.15. The van der Waals surface area contributed by atoms with Gasteiger partial charge in [-0.3, -0.25) is 0 Å². The van der Waals surface area contributed by atoms with Crippen molar-refractivity contribution in [1.82, 2.24) is 4.98 Å². The summed E-state index contributed by atoms with van der Waals surface area (Å²) in [6.45, 7) is 0. The quantitative estimate of drug-likeness (QED) is 0.920. The molecule has 0 atom stereocenters. The zero-order valence-corrected chi connectivity index (χ0v) is 12.0. The average Bonchev–Trinajstić information content (AvgIpc) is 2.40. The van der Waals surface area contributed by atoms with Crippen LogP contribution in [0.5, 0.6) is 5.75 Å². The Bertz CT molecular complexity index is 738. The minimum absolute atomic E-state index is 0.00780. The number of halogens is 4. The molecule has 0 amide bonds. The molecule has 2 rings (SSSR count). The van der Waals surface area contributed by atoms with Gasteiger partial charge in [0, 0.05) is 5.56 Å². The van der Waals surface area contributed by atoms with Gasteiger partial charge in [-0.05, 0) is 18.2 Å². The highest BCUT2D eigenvalue weighted by molar-refractivity contribution is 6.33. The van der Waals surface area contributed by atoms with Crippen LogP contribution in [-0.4, -0.2) is 23.2 Å². The number of hydrogen-bond acceptors (Lipinski definition) is 3. The Morgan fingerprint density at radius 3 is 2.52 bits per heavy atom. The van der Waals surface area contributed by atoms with Gasteiger partial charge in [-0.15, -0.1) is 0 Å². The number of nitrogens with zero attached hydrogens (tertiary/aromatic N) is 1. The zero-order valence-electron chi connectivity index (χ0n) is 10.5. The molecule has 0 spiro atoms. The monoisotopic (exact) mass is 333 g/mol. The van der Waals surface area contributed by atoms with Crippen molar-refractivity contribution in [3.63, 3.8) is 0 Å². The van der Waals surface area contributed by atoms with Gasteiger partial charge in [0.2, 0.25) is 0 Å². The van der Waals surface area contributed by atoms with E-state index in [1.54, 1.807) is 0 Å². The maximum absolute atomic E-state index is 14.2. The van der Waals surface area contributed by atoms with Crippen molar-refractivity contribution in [2.45, 2.75) is 0 Å². The molecule has 110 valence electrons. The minimum atomic E-state index is -1.46. The second kappa shape index (κ2) is 5.83. The smallest absolute Gasteiger partial charge is 0.356 e. The van der Waals surface area contributed by atoms with Crippen LogP contribution in [0.1, 0.15) is 10.5 Å². The first-order valence-corrected chi connectivity index (χ1v) is 6.24. The SMILES string of the molecule is COc1c(Cl)ccc(-c2nc(C(=O)O)c(Cl)cc2F)c1F. The number of ether oxygens (including phenoxy) is 1. The third-order valence-corrected chi connectivity index (χ3v) is 3.23. The van der Waals surface area contributed by atoms with Gasteiger partial charge in [-0.25, -0.2) is 18.6 Å². The third kappa shape index (κ3) is 2.77. The van der Waals surface area contributed by atoms with E-state index in [0.29, 0.717) is 0 Å². The van der Waals surface area contributed by atoms with Gasteiger partial charge < -0.3 is 9.84 Å². The molecule has 4 nitrogen and oxygen atoms in total. The van der Waals surface area contributed by atoms with Crippen molar-refractivity contribution < 1.29 is 23.4 Å². The van der Waals surface area contributed by atoms with E-state index in [-0.39, 0.29) is 21.4 Å². The molecule has 0 unspecified atom stereocenters. The van der Waals surface area contributed by atoms with Gasteiger partial charge in [-0.2, -0.15) is 0 Å². The molecule has 2 aromatic rings. The molecule has 8 heteroatoms. The number of rotatable bonds is 3. The van der Waals surface area contributed by atoms with E-state index < -0.39 is 29.0 Å². The second-order valence-electron chi connectivity index (χ2n) is 3.90. The first kappa shape index (κ1) is 15.5. The lowest BCUT2D eigenvalue weighted by atomic mass is 10.1. The normalized spacial score (nSPS) is 10.5. The molecule has 21 heavy (non-hydrogen) atoms. The topological polar surface area (TPSA) is 59.4 Å². The molecule has 0 fully saturated rings. The number of carbonyl (C=O) groups is 1. The number of methoxy groups -OCH3 is 1. The van der Waals surface area contributed by atoms with Gasteiger partial charge in [0.1, 0.15) is 5.69 Å². The lowest BCUT2D eigenvalue weighted by molar-refractivity contribution is 0.0690. The van der Waals surface area contributed by atoms with E-state index in [2.05, 4.69) is 4.98 Å². The number of aromatic nitrogens is 1. The summed E-state index contributed by atoms with van der Waals surface area (Å²) in [6, 6.07) is 3.22. The summed E-state index contributed by atoms with van der Waals surface area (Å²) in [4.78, 5) is 14.5. The van der Waals surface area contributed by atoms with Crippen molar-refractivity contribution in [2.75, 3.05) is 7.11 Å². The molecule has 0 aliphatic rings. The maximum Gasteiger partial charge on any atom is 0.356 e. The van der Waals surface area contributed by atoms with Crippen LogP contribution in [0.25, 0.3) is 11.3 Å². The maximum atomic E-state index is 14.2. The molecule has 1 aromatic heterocycles. The average molecular weight is 334 g/mol. The molecule has 0 saturated heterocycles. The number of carboxylic acids is 1. The predicted molar refractivity (Wildman–Crippen MR) is 73.1 cm³/mol. The largest absolute Gasteiger partial charge is 0.492 e. The Balaban J connectivity index is 2.73. The highest BCUT2D eigenvalue weighted by Crippen LogP contribution is 2.35. The molecule has 0 radical (unpaired) electrons. The highest BCUT2D eigenvalue weighted by atomic mass is 35.5. The molecule has 0 aliphatic heterocycles. The van der Waals surface area contributed by atoms with Crippen LogP contribution in [0.2, 0.25) is 10.0 Å². The summed E-state index contributed by atoms with van der Waals surface area (Å²) >= 11 is 11.3. The van der Waals surface area contributed by atoms with Crippen molar-refractivity contribution in [3.8, 4) is 17.0 Å². The predicted octanol–water partition coefficient (Wildman–Crippen LogP) is 4.04. The molecular weight excluding hydrogens is 327 g/mol. The van der Waals surface area contributed by atoms with Gasteiger partial charge in [-0.1, -0.05) is 23.2 Å². The lowest BCUT2D eigenvalue weighted by Crippen LogP contribution is -2.05. The van der Waals surface area contributed by atoms with Crippen molar-refractivity contribution in [2.24, 2.45) is 0 Å². The third-order valence-electron chi connectivity index (χ3n) is 2.64. The Morgan fingerprint density at radius 1 is 1.29 bits per heavy atom. The molecule has 0 bridgehead atoms. The Hall–Kier alpha value is -1.92. The van der Waals surface area contributed by atoms with Crippen LogP contribution < -0.4 is 4.74 Å². The van der Waals surface area contributed by atoms with E-state index in [1.807, 2.05) is 0 Å². The first-order chi connectivity index (χ1) is 9.86. The highest BCUT2D eigenvalue weighted by Gasteiger charge is 2.22. The van der Waals surface area contributed by atoms with E-state index in [1.165, 1.54) is 19.2 Å². The van der Waals surface area contributed by atoms with E-state index in [4.69, 9.17) is 33.0 Å². The van der Waals surface area contributed by atoms with Crippen LogP contribution in [0, 0.1) is 11.6 Å². The number of carboxylic acid groups (broad SMARTS) is 1. The number of pyridine rings is 1. The standard InChI is InChI=1S/C13H7Cl2F2NO3/c1-21-12-6(14)3-2-5(9(12)17)10-8(16)4-7(15)11(18-10)13(19)20/h2-4H,1H3,(H,19,20). The van der Waals surface area contributed by atoms with Gasteiger partial charge in [0.05, 0.1) is 17.2 Å². The zero-order chi connectivity index (χ0) is 15.7. The van der Waals surface area contributed by atoms with Gasteiger partial charge in [0.15, 0.2) is 23.1 Å². The van der Waals surface area contributed by atoms with Crippen molar-refractivity contribution in [1.29, 1.82) is 0 Å². The van der Waals surface area contributed by atoms with E-state index in [0.717, 1.165) is 6.07 Å². The van der Waals surface area contributed by atoms with Crippen molar-refractivity contribution in [3.05, 3.63) is 45.6 Å². The van der Waals surface area contributed by atoms with Crippen molar-refractivity contribution >= 4 is 29.2 Å². The van der Waals surface area contributed by atoms with E-state index >= 15 is 0 Å². The Morgan fingerprint density at radius 2 is 1.95 bits per heavy atom. The fourth-order valence-electron chi connectivity index (χ4n) is 1.71. The summed E-state index contributed by atoms with van der Waals surface area (Å²) in [5, 5.41) is 8.54. The summed E-state index contributed by atoms with van der Waals surface area (Å²) < 4.78 is 32.9. The van der Waals surface area contributed by atoms with Crippen LogP contribution >= 0.6 is 23.2 Å². The Labute approximate surface area is 127 Å². The van der Waals surface area contributed by atoms with Gasteiger partial charge in [0.25, 0.3) is 0 Å². The number of aromatic carboxylic acids is 1. The number of hydrogen-bond donors (Lipinski definition) is 1. The van der Waals surface area contributed by atoms with Crippen LogP contribution in [0.3, 0.4) is 0 Å². The van der Waals surface area contributed by atoms with Crippen LogP contribution in [0.15, 0.2) is 18.2 Å². The van der Waals surface area contributed by atoms with Crippen LogP contribution in [-0.2, 0) is 0 Å². The molecule has 1 aromatic carbocycles.